The summed E-state index contributed by atoms with van der Waals surface area (Å²) in [5.41, 5.74) is 3.04. The molecule has 0 atom stereocenters. The zero-order valence-electron chi connectivity index (χ0n) is 10.4. The maximum Gasteiger partial charge on any atom is 0.0624 e. The highest BCUT2D eigenvalue weighted by Gasteiger charge is 2.36. The third kappa shape index (κ3) is 2.15. The van der Waals surface area contributed by atoms with Crippen molar-refractivity contribution in [1.29, 1.82) is 0 Å². The van der Waals surface area contributed by atoms with Crippen molar-refractivity contribution >= 4 is 12.6 Å². The summed E-state index contributed by atoms with van der Waals surface area (Å²) < 4.78 is 2.23. The minimum atomic E-state index is 0.435. The van der Waals surface area contributed by atoms with Crippen LogP contribution >= 0.6 is 12.6 Å². The van der Waals surface area contributed by atoms with E-state index in [1.54, 1.807) is 0 Å². The van der Waals surface area contributed by atoms with E-state index in [2.05, 4.69) is 37.2 Å². The van der Waals surface area contributed by atoms with E-state index in [4.69, 9.17) is 5.10 Å². The summed E-state index contributed by atoms with van der Waals surface area (Å²) in [6.45, 7) is 5.45. The molecule has 1 heterocycles. The van der Waals surface area contributed by atoms with Gasteiger partial charge in [0, 0.05) is 12.2 Å². The normalized spacial score (nSPS) is 18.4. The first kappa shape index (κ1) is 12.0. The molecule has 1 fully saturated rings. The first-order valence-corrected chi connectivity index (χ1v) is 7.03. The van der Waals surface area contributed by atoms with E-state index in [9.17, 15) is 0 Å². The second kappa shape index (κ2) is 4.82. The van der Waals surface area contributed by atoms with Crippen LogP contribution in [0.3, 0.4) is 0 Å². The number of hydrogen-bond donors (Lipinski definition) is 1. The SMILES string of the molecule is CCc1cc(CC)n(CC2(CS)CCC2)n1. The molecule has 0 aliphatic heterocycles. The van der Waals surface area contributed by atoms with Crippen LogP contribution in [0, 0.1) is 5.41 Å². The molecular formula is C13H22N2S. The minimum absolute atomic E-state index is 0.435. The van der Waals surface area contributed by atoms with Gasteiger partial charge in [0.05, 0.1) is 5.69 Å². The van der Waals surface area contributed by atoms with Crippen LogP contribution in [0.5, 0.6) is 0 Å². The zero-order valence-corrected chi connectivity index (χ0v) is 11.3. The molecule has 1 saturated carbocycles. The summed E-state index contributed by atoms with van der Waals surface area (Å²) >= 11 is 4.51. The van der Waals surface area contributed by atoms with Gasteiger partial charge in [-0.05, 0) is 42.9 Å². The molecule has 0 amide bonds. The van der Waals surface area contributed by atoms with Gasteiger partial charge in [-0.2, -0.15) is 17.7 Å². The minimum Gasteiger partial charge on any atom is -0.269 e. The Hall–Kier alpha value is -0.440. The van der Waals surface area contributed by atoms with Gasteiger partial charge in [-0.1, -0.05) is 20.3 Å². The molecule has 1 aliphatic rings. The molecule has 2 rings (SSSR count). The fourth-order valence-corrected chi connectivity index (χ4v) is 2.89. The maximum absolute atomic E-state index is 4.70. The Kier molecular flexibility index (Phi) is 3.63. The van der Waals surface area contributed by atoms with Crippen LogP contribution in [-0.4, -0.2) is 15.5 Å². The highest BCUT2D eigenvalue weighted by atomic mass is 32.1. The molecule has 1 aliphatic carbocycles. The highest BCUT2D eigenvalue weighted by molar-refractivity contribution is 7.80. The van der Waals surface area contributed by atoms with E-state index in [1.807, 2.05) is 0 Å². The molecule has 0 bridgehead atoms. The van der Waals surface area contributed by atoms with Gasteiger partial charge >= 0.3 is 0 Å². The van der Waals surface area contributed by atoms with Crippen molar-refractivity contribution in [3.05, 3.63) is 17.5 Å². The van der Waals surface area contributed by atoms with Gasteiger partial charge in [-0.25, -0.2) is 0 Å². The Morgan fingerprint density at radius 3 is 2.56 bits per heavy atom. The van der Waals surface area contributed by atoms with Gasteiger partial charge in [0.2, 0.25) is 0 Å². The van der Waals surface area contributed by atoms with Gasteiger partial charge in [0.1, 0.15) is 0 Å². The first-order valence-electron chi connectivity index (χ1n) is 6.39. The third-order valence-corrected chi connectivity index (χ3v) is 4.54. The largest absolute Gasteiger partial charge is 0.269 e. The van der Waals surface area contributed by atoms with Crippen molar-refractivity contribution in [2.45, 2.75) is 52.5 Å². The topological polar surface area (TPSA) is 17.8 Å². The van der Waals surface area contributed by atoms with Crippen LogP contribution < -0.4 is 0 Å². The molecule has 0 aromatic carbocycles. The molecule has 2 nitrogen and oxygen atoms in total. The first-order chi connectivity index (χ1) is 7.73. The predicted octanol–water partition coefficient (Wildman–Crippen LogP) is 3.11. The molecule has 16 heavy (non-hydrogen) atoms. The van der Waals surface area contributed by atoms with Gasteiger partial charge in [0.25, 0.3) is 0 Å². The van der Waals surface area contributed by atoms with Crippen LogP contribution in [0.4, 0.5) is 0 Å². The Morgan fingerprint density at radius 2 is 2.12 bits per heavy atom. The summed E-state index contributed by atoms with van der Waals surface area (Å²) in [4.78, 5) is 0. The molecule has 90 valence electrons. The number of rotatable bonds is 5. The molecule has 1 aromatic heterocycles. The maximum atomic E-state index is 4.70. The lowest BCUT2D eigenvalue weighted by molar-refractivity contribution is 0.131. The second-order valence-electron chi connectivity index (χ2n) is 5.00. The molecule has 0 radical (unpaired) electrons. The van der Waals surface area contributed by atoms with Crippen LogP contribution in [0.25, 0.3) is 0 Å². The number of aryl methyl sites for hydroxylation is 2. The lowest BCUT2D eigenvalue weighted by Gasteiger charge is -2.41. The molecular weight excluding hydrogens is 216 g/mol. The fourth-order valence-electron chi connectivity index (χ4n) is 2.47. The van der Waals surface area contributed by atoms with Crippen LogP contribution in [-0.2, 0) is 19.4 Å². The molecule has 0 spiro atoms. The molecule has 3 heteroatoms. The summed E-state index contributed by atoms with van der Waals surface area (Å²) in [7, 11) is 0. The number of nitrogens with zero attached hydrogens (tertiary/aromatic N) is 2. The van der Waals surface area contributed by atoms with E-state index in [1.165, 1.54) is 30.7 Å². The second-order valence-corrected chi connectivity index (χ2v) is 5.32. The number of aromatic nitrogens is 2. The van der Waals surface area contributed by atoms with Gasteiger partial charge in [-0.3, -0.25) is 4.68 Å². The smallest absolute Gasteiger partial charge is 0.0624 e. The molecule has 0 unspecified atom stereocenters. The average molecular weight is 238 g/mol. The van der Waals surface area contributed by atoms with Gasteiger partial charge in [0.15, 0.2) is 0 Å². The van der Waals surface area contributed by atoms with Crippen molar-refractivity contribution in [1.82, 2.24) is 9.78 Å². The molecule has 1 aromatic rings. The van der Waals surface area contributed by atoms with E-state index in [0.29, 0.717) is 5.41 Å². The van der Waals surface area contributed by atoms with Crippen molar-refractivity contribution in [2.75, 3.05) is 5.75 Å². The molecule has 0 saturated heterocycles. The average Bonchev–Trinajstić information content (AvgIpc) is 2.65. The fraction of sp³-hybridized carbons (Fsp3) is 0.769. The Morgan fingerprint density at radius 1 is 1.38 bits per heavy atom. The predicted molar refractivity (Wildman–Crippen MR) is 71.1 cm³/mol. The van der Waals surface area contributed by atoms with Crippen molar-refractivity contribution in [2.24, 2.45) is 5.41 Å². The van der Waals surface area contributed by atoms with E-state index in [0.717, 1.165) is 25.1 Å². The van der Waals surface area contributed by atoms with E-state index in [-0.39, 0.29) is 0 Å². The lowest BCUT2D eigenvalue weighted by Crippen LogP contribution is -2.36. The summed E-state index contributed by atoms with van der Waals surface area (Å²) in [5, 5.41) is 4.70. The van der Waals surface area contributed by atoms with Crippen molar-refractivity contribution in [3.63, 3.8) is 0 Å². The number of thiol groups is 1. The van der Waals surface area contributed by atoms with E-state index >= 15 is 0 Å². The summed E-state index contributed by atoms with van der Waals surface area (Å²) in [6.07, 6.45) is 6.12. The summed E-state index contributed by atoms with van der Waals surface area (Å²) in [5.74, 6) is 0.997. The third-order valence-electron chi connectivity index (χ3n) is 3.87. The lowest BCUT2D eigenvalue weighted by atomic mass is 9.70. The Bertz CT molecular complexity index is 347. The van der Waals surface area contributed by atoms with Crippen molar-refractivity contribution < 1.29 is 0 Å². The zero-order chi connectivity index (χ0) is 11.6. The quantitative estimate of drug-likeness (QED) is 0.780. The van der Waals surface area contributed by atoms with Gasteiger partial charge < -0.3 is 0 Å². The van der Waals surface area contributed by atoms with Crippen LogP contribution in [0.2, 0.25) is 0 Å². The molecule has 0 N–H and O–H groups in total. The van der Waals surface area contributed by atoms with Crippen molar-refractivity contribution in [3.8, 4) is 0 Å². The highest BCUT2D eigenvalue weighted by Crippen LogP contribution is 2.43. The van der Waals surface area contributed by atoms with Gasteiger partial charge in [-0.15, -0.1) is 0 Å². The van der Waals surface area contributed by atoms with Crippen LogP contribution in [0.15, 0.2) is 6.07 Å². The number of hydrogen-bond acceptors (Lipinski definition) is 2. The Labute approximate surface area is 104 Å². The standard InChI is InChI=1S/C13H22N2S/c1-3-11-8-12(4-2)15(14-11)9-13(10-16)6-5-7-13/h8,16H,3-7,9-10H2,1-2H3. The Balaban J connectivity index is 2.16. The van der Waals surface area contributed by atoms with E-state index < -0.39 is 0 Å². The monoisotopic (exact) mass is 238 g/mol. The van der Waals surface area contributed by atoms with Crippen LogP contribution in [0.1, 0.15) is 44.5 Å². The summed E-state index contributed by atoms with van der Waals surface area (Å²) in [6, 6.07) is 2.25.